The molecule has 0 fully saturated rings. The van der Waals surface area contributed by atoms with Gasteiger partial charge < -0.3 is 10.1 Å². The standard InChI is InChI=1S/C8H9ClN4O4/c1-4(8(14)17-2)12-7-5(13(15)16)6(9)10-3-11-7/h3-4H,1-2H3,(H,10,11,12)/t4-/m0/s1. The van der Waals surface area contributed by atoms with E-state index in [1.807, 2.05) is 0 Å². The molecule has 17 heavy (non-hydrogen) atoms. The van der Waals surface area contributed by atoms with Crippen LogP contribution in [0.25, 0.3) is 0 Å². The largest absolute Gasteiger partial charge is 0.467 e. The minimum Gasteiger partial charge on any atom is -0.467 e. The Bertz CT molecular complexity index is 453. The number of carbonyl (C=O) groups is 1. The molecule has 92 valence electrons. The lowest BCUT2D eigenvalue weighted by molar-refractivity contribution is -0.384. The minimum atomic E-state index is -0.787. The third kappa shape index (κ3) is 3.00. The van der Waals surface area contributed by atoms with Gasteiger partial charge in [-0.15, -0.1) is 0 Å². The summed E-state index contributed by atoms with van der Waals surface area (Å²) in [6.07, 6.45) is 1.06. The molecular weight excluding hydrogens is 252 g/mol. The van der Waals surface area contributed by atoms with Crippen molar-refractivity contribution in [1.82, 2.24) is 9.97 Å². The molecule has 0 unspecified atom stereocenters. The molecule has 1 aromatic heterocycles. The van der Waals surface area contributed by atoms with E-state index in [0.717, 1.165) is 6.33 Å². The predicted octanol–water partition coefficient (Wildman–Crippen LogP) is 1.01. The number of anilines is 1. The van der Waals surface area contributed by atoms with Crippen molar-refractivity contribution in [3.8, 4) is 0 Å². The molecule has 0 aliphatic carbocycles. The number of hydrogen-bond donors (Lipinski definition) is 1. The summed E-state index contributed by atoms with van der Waals surface area (Å²) in [5, 5.41) is 13.0. The van der Waals surface area contributed by atoms with Crippen LogP contribution in [-0.2, 0) is 9.53 Å². The zero-order chi connectivity index (χ0) is 13.0. The average molecular weight is 261 g/mol. The van der Waals surface area contributed by atoms with E-state index < -0.39 is 22.6 Å². The first-order chi connectivity index (χ1) is 7.97. The fourth-order valence-electron chi connectivity index (χ4n) is 1.07. The maximum absolute atomic E-state index is 11.2. The maximum atomic E-state index is 11.2. The number of hydrogen-bond acceptors (Lipinski definition) is 7. The maximum Gasteiger partial charge on any atom is 0.348 e. The highest BCUT2D eigenvalue weighted by Crippen LogP contribution is 2.28. The molecule has 0 saturated carbocycles. The van der Waals surface area contributed by atoms with Gasteiger partial charge in [0.25, 0.3) is 0 Å². The Balaban J connectivity index is 3.02. The third-order valence-electron chi connectivity index (χ3n) is 1.87. The van der Waals surface area contributed by atoms with Gasteiger partial charge >= 0.3 is 11.7 Å². The van der Waals surface area contributed by atoms with Crippen LogP contribution in [0.5, 0.6) is 0 Å². The summed E-state index contributed by atoms with van der Waals surface area (Å²) >= 11 is 5.57. The third-order valence-corrected chi connectivity index (χ3v) is 2.14. The van der Waals surface area contributed by atoms with Crippen molar-refractivity contribution in [1.29, 1.82) is 0 Å². The van der Waals surface area contributed by atoms with Gasteiger partial charge in [0.2, 0.25) is 11.0 Å². The molecule has 0 amide bonds. The van der Waals surface area contributed by atoms with Crippen LogP contribution in [0.4, 0.5) is 11.5 Å². The SMILES string of the molecule is COC(=O)[C@H](C)Nc1ncnc(Cl)c1[N+](=O)[O-]. The lowest BCUT2D eigenvalue weighted by atomic mass is 10.3. The minimum absolute atomic E-state index is 0.132. The van der Waals surface area contributed by atoms with Gasteiger partial charge in [0, 0.05) is 0 Å². The Kier molecular flexibility index (Phi) is 4.16. The van der Waals surface area contributed by atoms with Gasteiger partial charge in [-0.05, 0) is 6.92 Å². The molecule has 0 aliphatic heterocycles. The van der Waals surface area contributed by atoms with Crippen LogP contribution < -0.4 is 5.32 Å². The number of halogens is 1. The summed E-state index contributed by atoms with van der Waals surface area (Å²) in [4.78, 5) is 28.3. The summed E-state index contributed by atoms with van der Waals surface area (Å²) in [7, 11) is 1.21. The Labute approximate surface area is 101 Å². The van der Waals surface area contributed by atoms with Crippen LogP contribution in [0, 0.1) is 10.1 Å². The summed E-state index contributed by atoms with van der Waals surface area (Å²) < 4.78 is 4.47. The van der Waals surface area contributed by atoms with Gasteiger partial charge in [0.1, 0.15) is 12.4 Å². The van der Waals surface area contributed by atoms with E-state index in [-0.39, 0.29) is 11.0 Å². The first-order valence-corrected chi connectivity index (χ1v) is 4.84. The van der Waals surface area contributed by atoms with Crippen molar-refractivity contribution < 1.29 is 14.5 Å². The van der Waals surface area contributed by atoms with Gasteiger partial charge in [-0.3, -0.25) is 10.1 Å². The fraction of sp³-hybridized carbons (Fsp3) is 0.375. The predicted molar refractivity (Wildman–Crippen MR) is 58.8 cm³/mol. The number of carbonyl (C=O) groups excluding carboxylic acids is 1. The van der Waals surface area contributed by atoms with Gasteiger partial charge in [0.15, 0.2) is 0 Å². The van der Waals surface area contributed by atoms with Crippen LogP contribution >= 0.6 is 11.6 Å². The van der Waals surface area contributed by atoms with Crippen LogP contribution in [0.1, 0.15) is 6.92 Å². The Hall–Kier alpha value is -1.96. The van der Waals surface area contributed by atoms with E-state index in [1.54, 1.807) is 0 Å². The molecule has 9 heteroatoms. The summed E-state index contributed by atoms with van der Waals surface area (Å²) in [6, 6.07) is -0.787. The summed E-state index contributed by atoms with van der Waals surface area (Å²) in [5.74, 6) is -0.707. The molecule has 0 bridgehead atoms. The van der Waals surface area contributed by atoms with Crippen molar-refractivity contribution in [2.75, 3.05) is 12.4 Å². The van der Waals surface area contributed by atoms with E-state index >= 15 is 0 Å². The number of methoxy groups -OCH3 is 1. The van der Waals surface area contributed by atoms with Gasteiger partial charge in [-0.1, -0.05) is 11.6 Å². The second-order valence-electron chi connectivity index (χ2n) is 3.01. The van der Waals surface area contributed by atoms with E-state index in [0.29, 0.717) is 0 Å². The zero-order valence-electron chi connectivity index (χ0n) is 9.01. The topological polar surface area (TPSA) is 107 Å². The van der Waals surface area contributed by atoms with E-state index in [2.05, 4.69) is 20.0 Å². The number of rotatable bonds is 4. The number of esters is 1. The fourth-order valence-corrected chi connectivity index (χ4v) is 1.27. The van der Waals surface area contributed by atoms with Crippen molar-refractivity contribution in [3.05, 3.63) is 21.6 Å². The van der Waals surface area contributed by atoms with Crippen LogP contribution in [-0.4, -0.2) is 34.0 Å². The number of aromatic nitrogens is 2. The first kappa shape index (κ1) is 13.1. The highest BCUT2D eigenvalue weighted by Gasteiger charge is 2.24. The molecule has 1 atom stereocenters. The van der Waals surface area contributed by atoms with Crippen LogP contribution in [0.3, 0.4) is 0 Å². The highest BCUT2D eigenvalue weighted by molar-refractivity contribution is 6.31. The second-order valence-corrected chi connectivity index (χ2v) is 3.37. The van der Waals surface area contributed by atoms with E-state index in [4.69, 9.17) is 11.6 Å². The number of ether oxygens (including phenoxy) is 1. The second kappa shape index (κ2) is 5.39. The summed E-state index contributed by atoms with van der Waals surface area (Å²) in [6.45, 7) is 1.48. The lowest BCUT2D eigenvalue weighted by Crippen LogP contribution is -2.28. The van der Waals surface area contributed by atoms with Crippen molar-refractivity contribution in [3.63, 3.8) is 0 Å². The molecule has 0 spiro atoms. The molecule has 0 saturated heterocycles. The van der Waals surface area contributed by atoms with E-state index in [1.165, 1.54) is 14.0 Å². The molecule has 0 aromatic carbocycles. The van der Waals surface area contributed by atoms with Crippen molar-refractivity contribution in [2.24, 2.45) is 0 Å². The number of nitrogens with one attached hydrogen (secondary N) is 1. The molecule has 1 N–H and O–H groups in total. The molecule has 1 aromatic rings. The molecule has 0 aliphatic rings. The normalized spacial score (nSPS) is 11.7. The Morgan fingerprint density at radius 1 is 1.65 bits per heavy atom. The Morgan fingerprint density at radius 2 is 2.29 bits per heavy atom. The highest BCUT2D eigenvalue weighted by atomic mass is 35.5. The van der Waals surface area contributed by atoms with Gasteiger partial charge in [0.05, 0.1) is 12.0 Å². The zero-order valence-corrected chi connectivity index (χ0v) is 9.76. The number of nitrogens with zero attached hydrogens (tertiary/aromatic N) is 3. The summed E-state index contributed by atoms with van der Waals surface area (Å²) in [5.41, 5.74) is -0.482. The molecule has 8 nitrogen and oxygen atoms in total. The van der Waals surface area contributed by atoms with Gasteiger partial charge in [-0.2, -0.15) is 0 Å². The molecule has 0 radical (unpaired) electrons. The molecule has 1 rings (SSSR count). The van der Waals surface area contributed by atoms with Gasteiger partial charge in [-0.25, -0.2) is 14.8 Å². The smallest absolute Gasteiger partial charge is 0.348 e. The van der Waals surface area contributed by atoms with Crippen LogP contribution in [0.2, 0.25) is 5.15 Å². The quantitative estimate of drug-likeness (QED) is 0.372. The molecule has 1 heterocycles. The Morgan fingerprint density at radius 3 is 2.82 bits per heavy atom. The molecular formula is C8H9ClN4O4. The van der Waals surface area contributed by atoms with E-state index in [9.17, 15) is 14.9 Å². The van der Waals surface area contributed by atoms with Crippen LogP contribution in [0.15, 0.2) is 6.33 Å². The average Bonchev–Trinajstić information content (AvgIpc) is 2.27. The van der Waals surface area contributed by atoms with Crippen molar-refractivity contribution in [2.45, 2.75) is 13.0 Å². The monoisotopic (exact) mass is 260 g/mol. The number of nitro groups is 1. The lowest BCUT2D eigenvalue weighted by Gasteiger charge is -2.11. The van der Waals surface area contributed by atoms with Crippen molar-refractivity contribution >= 4 is 29.1 Å². The first-order valence-electron chi connectivity index (χ1n) is 4.46.